The van der Waals surface area contributed by atoms with Gasteiger partial charge >= 0.3 is 0 Å². The van der Waals surface area contributed by atoms with Crippen LogP contribution in [0.3, 0.4) is 0 Å². The molecule has 3 heteroatoms. The van der Waals surface area contributed by atoms with Crippen LogP contribution in [0.25, 0.3) is 21.8 Å². The van der Waals surface area contributed by atoms with Gasteiger partial charge in [0.2, 0.25) is 0 Å². The van der Waals surface area contributed by atoms with Crippen molar-refractivity contribution in [3.63, 3.8) is 0 Å². The van der Waals surface area contributed by atoms with Crippen molar-refractivity contribution >= 4 is 44.4 Å². The Hall–Kier alpha value is -1.36. The molecule has 1 aromatic heterocycles. The van der Waals surface area contributed by atoms with Crippen LogP contribution < -0.4 is 4.74 Å². The van der Waals surface area contributed by atoms with Gasteiger partial charge in [0.1, 0.15) is 5.75 Å². The Morgan fingerprint density at radius 2 is 1.89 bits per heavy atom. The number of hydrogen-bond acceptors (Lipinski definition) is 2. The number of aromatic nitrogens is 1. The number of para-hydroxylation sites is 1. The standard InChI is InChI=1S/C16H14INO/c1-10(2)19-13-6-7-15-12(9-13)8-11-4-3-5-14(17)16(11)18-15/h3-10H,1-2H3. The number of nitrogens with zero attached hydrogens (tertiary/aromatic N) is 1. The molecule has 0 saturated heterocycles. The molecule has 3 rings (SSSR count). The molecular weight excluding hydrogens is 349 g/mol. The number of hydrogen-bond donors (Lipinski definition) is 0. The lowest BCUT2D eigenvalue weighted by Gasteiger charge is -2.10. The Labute approximate surface area is 125 Å². The van der Waals surface area contributed by atoms with Crippen molar-refractivity contribution in [3.05, 3.63) is 46.0 Å². The minimum Gasteiger partial charge on any atom is -0.491 e. The van der Waals surface area contributed by atoms with Crippen LogP contribution in [0.4, 0.5) is 0 Å². The van der Waals surface area contributed by atoms with Crippen molar-refractivity contribution in [2.75, 3.05) is 0 Å². The fourth-order valence-corrected chi connectivity index (χ4v) is 2.79. The zero-order valence-corrected chi connectivity index (χ0v) is 13.0. The van der Waals surface area contributed by atoms with Gasteiger partial charge < -0.3 is 4.74 Å². The summed E-state index contributed by atoms with van der Waals surface area (Å²) in [7, 11) is 0. The third-order valence-corrected chi connectivity index (χ3v) is 3.80. The van der Waals surface area contributed by atoms with Crippen molar-refractivity contribution in [1.29, 1.82) is 0 Å². The van der Waals surface area contributed by atoms with Crippen molar-refractivity contribution < 1.29 is 4.74 Å². The first kappa shape index (κ1) is 12.7. The minimum atomic E-state index is 0.187. The van der Waals surface area contributed by atoms with Crippen molar-refractivity contribution in [2.45, 2.75) is 20.0 Å². The molecule has 3 aromatic rings. The third kappa shape index (κ3) is 2.52. The highest BCUT2D eigenvalue weighted by atomic mass is 127. The Morgan fingerprint density at radius 1 is 1.05 bits per heavy atom. The Kier molecular flexibility index (Phi) is 3.31. The van der Waals surface area contributed by atoms with Crippen molar-refractivity contribution in [1.82, 2.24) is 4.98 Å². The van der Waals surface area contributed by atoms with E-state index < -0.39 is 0 Å². The van der Waals surface area contributed by atoms with Gasteiger partial charge in [-0.05, 0) is 66.8 Å². The number of fused-ring (bicyclic) bond motifs is 2. The van der Waals surface area contributed by atoms with Gasteiger partial charge in [-0.2, -0.15) is 0 Å². The number of benzene rings is 2. The lowest BCUT2D eigenvalue weighted by atomic mass is 10.1. The van der Waals surface area contributed by atoms with E-state index in [1.165, 1.54) is 8.96 Å². The van der Waals surface area contributed by atoms with Crippen LogP contribution in [0.5, 0.6) is 5.75 Å². The monoisotopic (exact) mass is 363 g/mol. The normalized spacial score (nSPS) is 11.4. The third-order valence-electron chi connectivity index (χ3n) is 2.93. The van der Waals surface area contributed by atoms with Crippen LogP contribution in [0.15, 0.2) is 42.5 Å². The van der Waals surface area contributed by atoms with E-state index in [-0.39, 0.29) is 6.10 Å². The molecule has 0 unspecified atom stereocenters. The zero-order chi connectivity index (χ0) is 13.4. The molecule has 0 aliphatic carbocycles. The smallest absolute Gasteiger partial charge is 0.120 e. The van der Waals surface area contributed by atoms with Gasteiger partial charge in [-0.1, -0.05) is 12.1 Å². The summed E-state index contributed by atoms with van der Waals surface area (Å²) in [5.74, 6) is 0.897. The quantitative estimate of drug-likeness (QED) is 0.483. The van der Waals surface area contributed by atoms with E-state index in [0.717, 1.165) is 22.2 Å². The molecule has 0 saturated carbocycles. The van der Waals surface area contributed by atoms with Crippen LogP contribution >= 0.6 is 22.6 Å². The van der Waals surface area contributed by atoms with E-state index in [1.807, 2.05) is 26.0 Å². The Bertz CT molecular complexity index is 752. The first-order valence-electron chi connectivity index (χ1n) is 6.29. The molecule has 0 radical (unpaired) electrons. The average Bonchev–Trinajstić information content (AvgIpc) is 2.36. The molecule has 0 fully saturated rings. The minimum absolute atomic E-state index is 0.187. The molecule has 1 heterocycles. The van der Waals surface area contributed by atoms with Crippen LogP contribution in [0, 0.1) is 3.57 Å². The average molecular weight is 363 g/mol. The molecule has 19 heavy (non-hydrogen) atoms. The van der Waals surface area contributed by atoms with Gasteiger partial charge in [0.15, 0.2) is 0 Å². The topological polar surface area (TPSA) is 22.1 Å². The van der Waals surface area contributed by atoms with Crippen molar-refractivity contribution in [3.8, 4) is 5.75 Å². The van der Waals surface area contributed by atoms with Gasteiger partial charge in [-0.15, -0.1) is 0 Å². The van der Waals surface area contributed by atoms with E-state index in [1.54, 1.807) is 0 Å². The molecule has 0 aliphatic rings. The highest BCUT2D eigenvalue weighted by molar-refractivity contribution is 14.1. The fraction of sp³-hybridized carbons (Fsp3) is 0.188. The van der Waals surface area contributed by atoms with Gasteiger partial charge in [0, 0.05) is 14.3 Å². The van der Waals surface area contributed by atoms with E-state index in [0.29, 0.717) is 0 Å². The summed E-state index contributed by atoms with van der Waals surface area (Å²) in [5, 5.41) is 2.29. The van der Waals surface area contributed by atoms with E-state index in [2.05, 4.69) is 52.9 Å². The first-order valence-corrected chi connectivity index (χ1v) is 7.37. The maximum atomic E-state index is 5.73. The SMILES string of the molecule is CC(C)Oc1ccc2nc3c(I)cccc3cc2c1. The molecule has 0 spiro atoms. The summed E-state index contributed by atoms with van der Waals surface area (Å²) in [6.45, 7) is 4.07. The molecular formula is C16H14INO. The second-order valence-corrected chi connectivity index (χ2v) is 5.98. The van der Waals surface area contributed by atoms with Crippen LogP contribution in [-0.2, 0) is 0 Å². The zero-order valence-electron chi connectivity index (χ0n) is 10.9. The molecule has 0 bridgehead atoms. The largest absolute Gasteiger partial charge is 0.491 e. The summed E-state index contributed by atoms with van der Waals surface area (Å²) >= 11 is 2.33. The molecule has 2 nitrogen and oxygen atoms in total. The highest BCUT2D eigenvalue weighted by Gasteiger charge is 2.05. The number of halogens is 1. The summed E-state index contributed by atoms with van der Waals surface area (Å²) in [6, 6.07) is 14.5. The highest BCUT2D eigenvalue weighted by Crippen LogP contribution is 2.26. The molecule has 0 atom stereocenters. The Balaban J connectivity index is 2.21. The van der Waals surface area contributed by atoms with E-state index >= 15 is 0 Å². The van der Waals surface area contributed by atoms with Gasteiger partial charge in [-0.3, -0.25) is 0 Å². The lowest BCUT2D eigenvalue weighted by Crippen LogP contribution is -2.05. The maximum absolute atomic E-state index is 5.73. The van der Waals surface area contributed by atoms with E-state index in [9.17, 15) is 0 Å². The number of ether oxygens (including phenoxy) is 1. The first-order chi connectivity index (χ1) is 9.13. The van der Waals surface area contributed by atoms with Gasteiger partial charge in [0.25, 0.3) is 0 Å². The molecule has 2 aromatic carbocycles. The molecule has 96 valence electrons. The summed E-state index contributed by atoms with van der Waals surface area (Å²) < 4.78 is 6.91. The Morgan fingerprint density at radius 3 is 2.68 bits per heavy atom. The second kappa shape index (κ2) is 4.96. The molecule has 0 amide bonds. The van der Waals surface area contributed by atoms with Crippen molar-refractivity contribution in [2.24, 2.45) is 0 Å². The second-order valence-electron chi connectivity index (χ2n) is 4.82. The predicted octanol–water partition coefficient (Wildman–Crippen LogP) is 4.78. The maximum Gasteiger partial charge on any atom is 0.120 e. The summed E-state index contributed by atoms with van der Waals surface area (Å²) in [5.41, 5.74) is 2.07. The summed E-state index contributed by atoms with van der Waals surface area (Å²) in [4.78, 5) is 4.73. The fourth-order valence-electron chi connectivity index (χ4n) is 2.15. The lowest BCUT2D eigenvalue weighted by molar-refractivity contribution is 0.243. The predicted molar refractivity (Wildman–Crippen MR) is 87.7 cm³/mol. The summed E-state index contributed by atoms with van der Waals surface area (Å²) in [6.07, 6.45) is 0.187. The molecule has 0 N–H and O–H groups in total. The van der Waals surface area contributed by atoms with Crippen LogP contribution in [-0.4, -0.2) is 11.1 Å². The van der Waals surface area contributed by atoms with Crippen LogP contribution in [0.1, 0.15) is 13.8 Å². The van der Waals surface area contributed by atoms with E-state index in [4.69, 9.17) is 9.72 Å². The van der Waals surface area contributed by atoms with Crippen LogP contribution in [0.2, 0.25) is 0 Å². The number of rotatable bonds is 2. The molecule has 0 aliphatic heterocycles. The number of pyridine rings is 1. The van der Waals surface area contributed by atoms with Gasteiger partial charge in [0.05, 0.1) is 17.1 Å². The van der Waals surface area contributed by atoms with Gasteiger partial charge in [-0.25, -0.2) is 4.98 Å².